The van der Waals surface area contributed by atoms with Crippen molar-refractivity contribution in [1.82, 2.24) is 15.4 Å². The highest BCUT2D eigenvalue weighted by atomic mass is 32.2. The number of rotatable bonds is 8. The van der Waals surface area contributed by atoms with Crippen LogP contribution in [0.5, 0.6) is 0 Å². The monoisotopic (exact) mass is 300 g/mol. The van der Waals surface area contributed by atoms with Crippen LogP contribution in [0.25, 0.3) is 11.0 Å². The van der Waals surface area contributed by atoms with Crippen LogP contribution < -0.4 is 4.72 Å². The number of hydrogen-bond acceptors (Lipinski definition) is 6. The van der Waals surface area contributed by atoms with Crippen LogP contribution in [-0.2, 0) is 19.5 Å². The summed E-state index contributed by atoms with van der Waals surface area (Å²) in [5.74, 6) is -0.134. The Kier molecular flexibility index (Phi) is 4.88. The number of H-pyrrole nitrogens is 1. The standard InChI is InChI=1S/C11H16N4O4S/c1-18-5-6-19-7-8-20(16,17)14-10-4-2-3-9-11(10)13-15-12-9/h2-4,14H,5-8H2,1H3,(H,12,13,15). The highest BCUT2D eigenvalue weighted by Crippen LogP contribution is 2.19. The van der Waals surface area contributed by atoms with E-state index in [1.165, 1.54) is 0 Å². The second-order valence-electron chi connectivity index (χ2n) is 4.02. The lowest BCUT2D eigenvalue weighted by Crippen LogP contribution is -2.21. The maximum Gasteiger partial charge on any atom is 0.235 e. The molecule has 2 N–H and O–H groups in total. The summed E-state index contributed by atoms with van der Waals surface area (Å²) in [7, 11) is -1.93. The molecule has 1 aromatic heterocycles. The zero-order valence-corrected chi connectivity index (χ0v) is 11.8. The van der Waals surface area contributed by atoms with Crippen LogP contribution in [0.4, 0.5) is 5.69 Å². The van der Waals surface area contributed by atoms with Crippen molar-refractivity contribution in [3.05, 3.63) is 18.2 Å². The third kappa shape index (κ3) is 3.89. The van der Waals surface area contributed by atoms with Crippen LogP contribution in [0, 0.1) is 0 Å². The van der Waals surface area contributed by atoms with Gasteiger partial charge in [0.1, 0.15) is 11.0 Å². The molecule has 2 aromatic rings. The number of sulfonamides is 1. The molecule has 0 amide bonds. The largest absolute Gasteiger partial charge is 0.382 e. The van der Waals surface area contributed by atoms with E-state index in [1.54, 1.807) is 25.3 Å². The molecule has 0 aliphatic rings. The molecule has 0 fully saturated rings. The number of nitrogens with zero attached hydrogens (tertiary/aromatic N) is 2. The Balaban J connectivity index is 1.96. The zero-order valence-electron chi connectivity index (χ0n) is 11.0. The van der Waals surface area contributed by atoms with E-state index in [-0.39, 0.29) is 12.4 Å². The van der Waals surface area contributed by atoms with Gasteiger partial charge in [-0.2, -0.15) is 15.4 Å². The molecule has 1 aromatic carbocycles. The number of aromatic nitrogens is 3. The molecule has 0 aliphatic heterocycles. The van der Waals surface area contributed by atoms with Crippen LogP contribution in [-0.4, -0.2) is 56.5 Å². The van der Waals surface area contributed by atoms with Crippen LogP contribution in [0.1, 0.15) is 0 Å². The van der Waals surface area contributed by atoms with Crippen LogP contribution >= 0.6 is 0 Å². The van der Waals surface area contributed by atoms with Gasteiger partial charge in [-0.1, -0.05) is 6.07 Å². The van der Waals surface area contributed by atoms with Gasteiger partial charge in [-0.25, -0.2) is 8.42 Å². The fourth-order valence-electron chi connectivity index (χ4n) is 1.58. The normalized spacial score (nSPS) is 11.8. The molecule has 1 heterocycles. The third-order valence-electron chi connectivity index (χ3n) is 2.54. The minimum Gasteiger partial charge on any atom is -0.382 e. The van der Waals surface area contributed by atoms with Crippen LogP contribution in [0.2, 0.25) is 0 Å². The van der Waals surface area contributed by atoms with Crippen molar-refractivity contribution >= 4 is 26.7 Å². The van der Waals surface area contributed by atoms with Crippen LogP contribution in [0.3, 0.4) is 0 Å². The molecule has 0 atom stereocenters. The predicted octanol–water partition coefficient (Wildman–Crippen LogP) is 0.363. The van der Waals surface area contributed by atoms with Gasteiger partial charge in [0, 0.05) is 7.11 Å². The average molecular weight is 300 g/mol. The van der Waals surface area contributed by atoms with Gasteiger partial charge in [-0.3, -0.25) is 4.72 Å². The summed E-state index contributed by atoms with van der Waals surface area (Å²) in [5.41, 5.74) is 1.48. The fraction of sp³-hybridized carbons (Fsp3) is 0.455. The molecule has 8 nitrogen and oxygen atoms in total. The number of benzene rings is 1. The van der Waals surface area contributed by atoms with Gasteiger partial charge in [-0.15, -0.1) is 0 Å². The number of ether oxygens (including phenoxy) is 2. The van der Waals surface area contributed by atoms with E-state index in [9.17, 15) is 8.42 Å². The topological polar surface area (TPSA) is 106 Å². The summed E-state index contributed by atoms with van der Waals surface area (Å²) in [6, 6.07) is 5.08. The molecule has 20 heavy (non-hydrogen) atoms. The molecule has 110 valence electrons. The summed E-state index contributed by atoms with van der Waals surface area (Å²) >= 11 is 0. The molecular weight excluding hydrogens is 284 g/mol. The number of fused-ring (bicyclic) bond motifs is 1. The second-order valence-corrected chi connectivity index (χ2v) is 5.86. The molecular formula is C11H16N4O4S. The number of aromatic amines is 1. The highest BCUT2D eigenvalue weighted by Gasteiger charge is 2.13. The number of nitrogens with one attached hydrogen (secondary N) is 2. The van der Waals surface area contributed by atoms with Gasteiger partial charge in [0.05, 0.1) is 31.3 Å². The van der Waals surface area contributed by atoms with Crippen molar-refractivity contribution in [2.75, 3.05) is 37.4 Å². The van der Waals surface area contributed by atoms with Gasteiger partial charge in [0.25, 0.3) is 0 Å². The lowest BCUT2D eigenvalue weighted by Gasteiger charge is -2.08. The Morgan fingerprint density at radius 1 is 1.25 bits per heavy atom. The molecule has 0 saturated heterocycles. The van der Waals surface area contributed by atoms with E-state index in [4.69, 9.17) is 9.47 Å². The van der Waals surface area contributed by atoms with Gasteiger partial charge in [0.2, 0.25) is 10.0 Å². The van der Waals surface area contributed by atoms with Gasteiger partial charge < -0.3 is 9.47 Å². The summed E-state index contributed by atoms with van der Waals surface area (Å²) in [6.07, 6.45) is 0. The summed E-state index contributed by atoms with van der Waals surface area (Å²) in [6.45, 7) is 0.907. The summed E-state index contributed by atoms with van der Waals surface area (Å²) in [4.78, 5) is 0. The van der Waals surface area contributed by atoms with Crippen molar-refractivity contribution in [3.63, 3.8) is 0 Å². The predicted molar refractivity (Wildman–Crippen MR) is 74.0 cm³/mol. The van der Waals surface area contributed by atoms with Gasteiger partial charge in [0.15, 0.2) is 0 Å². The quantitative estimate of drug-likeness (QED) is 0.682. The van der Waals surface area contributed by atoms with E-state index in [1.807, 2.05) is 0 Å². The van der Waals surface area contributed by atoms with Crippen molar-refractivity contribution in [2.24, 2.45) is 0 Å². The van der Waals surface area contributed by atoms with Crippen molar-refractivity contribution in [1.29, 1.82) is 0 Å². The molecule has 0 aliphatic carbocycles. The maximum atomic E-state index is 11.9. The Morgan fingerprint density at radius 2 is 2.10 bits per heavy atom. The van der Waals surface area contributed by atoms with Crippen molar-refractivity contribution < 1.29 is 17.9 Å². The SMILES string of the molecule is COCCOCCS(=O)(=O)Nc1cccc2n[nH]nc12. The van der Waals surface area contributed by atoms with Gasteiger partial charge in [-0.05, 0) is 12.1 Å². The second kappa shape index (κ2) is 6.64. The third-order valence-corrected chi connectivity index (χ3v) is 3.78. The number of hydrogen-bond donors (Lipinski definition) is 2. The first-order chi connectivity index (χ1) is 9.62. The van der Waals surface area contributed by atoms with E-state index in [0.717, 1.165) is 0 Å². The molecule has 0 spiro atoms. The minimum atomic E-state index is -3.49. The Labute approximate surface area is 116 Å². The number of para-hydroxylation sites is 1. The van der Waals surface area contributed by atoms with E-state index in [2.05, 4.69) is 20.1 Å². The van der Waals surface area contributed by atoms with E-state index in [0.29, 0.717) is 29.9 Å². The molecule has 0 unspecified atom stereocenters. The Hall–Kier alpha value is -1.71. The molecule has 9 heteroatoms. The number of methoxy groups -OCH3 is 1. The highest BCUT2D eigenvalue weighted by molar-refractivity contribution is 7.92. The lowest BCUT2D eigenvalue weighted by molar-refractivity contribution is 0.0785. The summed E-state index contributed by atoms with van der Waals surface area (Å²) < 4.78 is 36.3. The van der Waals surface area contributed by atoms with Gasteiger partial charge >= 0.3 is 0 Å². The Bertz CT molecular complexity index is 655. The first kappa shape index (κ1) is 14.7. The average Bonchev–Trinajstić information content (AvgIpc) is 2.87. The van der Waals surface area contributed by atoms with Crippen LogP contribution in [0.15, 0.2) is 18.2 Å². The summed E-state index contributed by atoms with van der Waals surface area (Å²) in [5, 5.41) is 10.3. The van der Waals surface area contributed by atoms with Crippen molar-refractivity contribution in [3.8, 4) is 0 Å². The molecule has 2 rings (SSSR count). The zero-order chi connectivity index (χ0) is 14.4. The fourth-order valence-corrected chi connectivity index (χ4v) is 2.52. The van der Waals surface area contributed by atoms with Crippen molar-refractivity contribution in [2.45, 2.75) is 0 Å². The first-order valence-electron chi connectivity index (χ1n) is 5.99. The Morgan fingerprint density at radius 3 is 2.90 bits per heavy atom. The smallest absolute Gasteiger partial charge is 0.235 e. The number of anilines is 1. The molecule has 0 radical (unpaired) electrons. The lowest BCUT2D eigenvalue weighted by atomic mass is 10.3. The first-order valence-corrected chi connectivity index (χ1v) is 7.64. The molecule has 0 bridgehead atoms. The van der Waals surface area contributed by atoms with E-state index >= 15 is 0 Å². The maximum absolute atomic E-state index is 11.9. The molecule has 0 saturated carbocycles. The minimum absolute atomic E-state index is 0.105. The van der Waals surface area contributed by atoms with E-state index < -0.39 is 10.0 Å².